The Labute approximate surface area is 76.8 Å². The second-order valence-corrected chi connectivity index (χ2v) is 6.08. The average molecular weight is 190 g/mol. The third kappa shape index (κ3) is 2.28. The van der Waals surface area contributed by atoms with E-state index in [4.69, 9.17) is 5.73 Å². The van der Waals surface area contributed by atoms with Gasteiger partial charge in [0.1, 0.15) is 0 Å². The molecule has 1 heterocycles. The van der Waals surface area contributed by atoms with Crippen LogP contribution in [0.15, 0.2) is 0 Å². The standard InChI is InChI=1S/C8H18N2OS/c1-8(2)7-10(4-3-9)5-6-12(8)11/h3-7,9H2,1-2H3. The molecule has 1 fully saturated rings. The fraction of sp³-hybridized carbons (Fsp3) is 1.00. The van der Waals surface area contributed by atoms with Crippen LogP contribution in [0, 0.1) is 0 Å². The van der Waals surface area contributed by atoms with Gasteiger partial charge in [0.25, 0.3) is 0 Å². The van der Waals surface area contributed by atoms with Crippen LogP contribution in [-0.2, 0) is 10.8 Å². The van der Waals surface area contributed by atoms with Crippen LogP contribution < -0.4 is 5.73 Å². The highest BCUT2D eigenvalue weighted by Gasteiger charge is 2.32. The quantitative estimate of drug-likeness (QED) is 0.655. The summed E-state index contributed by atoms with van der Waals surface area (Å²) in [5, 5.41) is 0. The maximum atomic E-state index is 11.5. The summed E-state index contributed by atoms with van der Waals surface area (Å²) in [6.45, 7) is 7.60. The summed E-state index contributed by atoms with van der Waals surface area (Å²) in [4.78, 5) is 2.29. The fourth-order valence-corrected chi connectivity index (χ4v) is 2.85. The van der Waals surface area contributed by atoms with E-state index in [1.165, 1.54) is 0 Å². The molecule has 1 atom stereocenters. The zero-order valence-electron chi connectivity index (χ0n) is 7.88. The molecule has 0 aliphatic carbocycles. The van der Waals surface area contributed by atoms with Crippen molar-refractivity contribution in [2.75, 3.05) is 31.9 Å². The minimum Gasteiger partial charge on any atom is -0.329 e. The molecule has 1 saturated heterocycles. The molecule has 0 spiro atoms. The largest absolute Gasteiger partial charge is 0.329 e. The first-order valence-corrected chi connectivity index (χ1v) is 5.69. The molecule has 0 bridgehead atoms. The zero-order valence-corrected chi connectivity index (χ0v) is 8.69. The lowest BCUT2D eigenvalue weighted by molar-refractivity contribution is 0.262. The smallest absolute Gasteiger partial charge is 0.0530 e. The van der Waals surface area contributed by atoms with Gasteiger partial charge >= 0.3 is 0 Å². The van der Waals surface area contributed by atoms with Gasteiger partial charge in [0.15, 0.2) is 0 Å². The van der Waals surface area contributed by atoms with E-state index >= 15 is 0 Å². The average Bonchev–Trinajstić information content (AvgIpc) is 1.97. The van der Waals surface area contributed by atoms with Crippen LogP contribution in [-0.4, -0.2) is 45.8 Å². The summed E-state index contributed by atoms with van der Waals surface area (Å²) in [5.41, 5.74) is 5.47. The predicted molar refractivity (Wildman–Crippen MR) is 52.6 cm³/mol. The lowest BCUT2D eigenvalue weighted by Crippen LogP contribution is -2.51. The number of hydrogen-bond donors (Lipinski definition) is 1. The Hall–Kier alpha value is 0.0700. The van der Waals surface area contributed by atoms with Crippen molar-refractivity contribution in [1.29, 1.82) is 0 Å². The van der Waals surface area contributed by atoms with Gasteiger partial charge < -0.3 is 5.73 Å². The molecule has 12 heavy (non-hydrogen) atoms. The van der Waals surface area contributed by atoms with Gasteiger partial charge in [0.2, 0.25) is 0 Å². The van der Waals surface area contributed by atoms with E-state index in [1.807, 2.05) is 0 Å². The Kier molecular flexibility index (Phi) is 3.26. The summed E-state index contributed by atoms with van der Waals surface area (Å²) in [6.07, 6.45) is 0. The Morgan fingerprint density at radius 2 is 2.25 bits per heavy atom. The number of rotatable bonds is 2. The van der Waals surface area contributed by atoms with Crippen molar-refractivity contribution in [3.8, 4) is 0 Å². The van der Waals surface area contributed by atoms with Crippen molar-refractivity contribution in [3.05, 3.63) is 0 Å². The second-order valence-electron chi connectivity index (χ2n) is 3.87. The molecule has 0 aromatic heterocycles. The van der Waals surface area contributed by atoms with Crippen LogP contribution in [0.5, 0.6) is 0 Å². The molecule has 4 heteroatoms. The number of hydrogen-bond acceptors (Lipinski definition) is 3. The minimum atomic E-state index is -0.657. The van der Waals surface area contributed by atoms with E-state index < -0.39 is 10.8 Å². The highest BCUT2D eigenvalue weighted by Crippen LogP contribution is 2.19. The molecule has 0 saturated carbocycles. The van der Waals surface area contributed by atoms with Crippen molar-refractivity contribution in [3.63, 3.8) is 0 Å². The van der Waals surface area contributed by atoms with Gasteiger partial charge in [-0.3, -0.25) is 9.11 Å². The SMILES string of the molecule is CC1(C)CN(CCN)CCS1=O. The molecule has 72 valence electrons. The summed E-state index contributed by atoms with van der Waals surface area (Å²) in [6, 6.07) is 0. The summed E-state index contributed by atoms with van der Waals surface area (Å²) in [7, 11) is -0.657. The van der Waals surface area contributed by atoms with Crippen molar-refractivity contribution in [1.82, 2.24) is 4.90 Å². The zero-order chi connectivity index (χ0) is 9.19. The van der Waals surface area contributed by atoms with Gasteiger partial charge in [-0.05, 0) is 13.8 Å². The number of nitrogens with zero attached hydrogens (tertiary/aromatic N) is 1. The Balaban J connectivity index is 2.51. The van der Waals surface area contributed by atoms with Crippen LogP contribution in [0.1, 0.15) is 13.8 Å². The Bertz CT molecular complexity index is 182. The molecule has 0 amide bonds. The Morgan fingerprint density at radius 3 is 2.75 bits per heavy atom. The van der Waals surface area contributed by atoms with Gasteiger partial charge in [-0.25, -0.2) is 0 Å². The molecule has 1 aliphatic heterocycles. The van der Waals surface area contributed by atoms with E-state index in [-0.39, 0.29) is 4.75 Å². The van der Waals surface area contributed by atoms with Crippen LogP contribution in [0.2, 0.25) is 0 Å². The fourth-order valence-electron chi connectivity index (χ4n) is 1.55. The highest BCUT2D eigenvalue weighted by molar-refractivity contribution is 7.86. The molecule has 1 aliphatic rings. The first-order chi connectivity index (χ1) is 5.56. The van der Waals surface area contributed by atoms with Gasteiger partial charge in [-0.15, -0.1) is 0 Å². The predicted octanol–water partition coefficient (Wildman–Crippen LogP) is -0.212. The third-order valence-electron chi connectivity index (χ3n) is 2.26. The van der Waals surface area contributed by atoms with E-state index in [0.29, 0.717) is 6.54 Å². The second kappa shape index (κ2) is 3.85. The lowest BCUT2D eigenvalue weighted by atomic mass is 10.2. The van der Waals surface area contributed by atoms with Crippen molar-refractivity contribution >= 4 is 10.8 Å². The summed E-state index contributed by atoms with van der Waals surface area (Å²) in [5.74, 6) is 0.799. The summed E-state index contributed by atoms with van der Waals surface area (Å²) >= 11 is 0. The maximum absolute atomic E-state index is 11.5. The molecular formula is C8H18N2OS. The molecule has 0 aromatic rings. The van der Waals surface area contributed by atoms with Gasteiger partial charge in [-0.2, -0.15) is 0 Å². The van der Waals surface area contributed by atoms with Gasteiger partial charge in [0, 0.05) is 42.7 Å². The van der Waals surface area contributed by atoms with Crippen LogP contribution in [0.3, 0.4) is 0 Å². The first kappa shape index (κ1) is 10.2. The first-order valence-electron chi connectivity index (χ1n) is 4.37. The van der Waals surface area contributed by atoms with E-state index in [2.05, 4.69) is 18.7 Å². The molecular weight excluding hydrogens is 172 g/mol. The number of nitrogens with two attached hydrogens (primary N) is 1. The van der Waals surface area contributed by atoms with E-state index in [0.717, 1.165) is 25.4 Å². The van der Waals surface area contributed by atoms with Gasteiger partial charge in [0.05, 0.1) is 4.75 Å². The van der Waals surface area contributed by atoms with Crippen LogP contribution in [0.25, 0.3) is 0 Å². The molecule has 1 unspecified atom stereocenters. The van der Waals surface area contributed by atoms with Crippen LogP contribution >= 0.6 is 0 Å². The monoisotopic (exact) mass is 190 g/mol. The molecule has 2 N–H and O–H groups in total. The third-order valence-corrected chi connectivity index (χ3v) is 4.17. The summed E-state index contributed by atoms with van der Waals surface area (Å²) < 4.78 is 11.5. The molecule has 0 radical (unpaired) electrons. The van der Waals surface area contributed by atoms with Crippen LogP contribution in [0.4, 0.5) is 0 Å². The topological polar surface area (TPSA) is 46.3 Å². The lowest BCUT2D eigenvalue weighted by Gasteiger charge is -2.36. The molecule has 1 rings (SSSR count). The minimum absolute atomic E-state index is 0.0482. The van der Waals surface area contributed by atoms with Crippen molar-refractivity contribution < 1.29 is 4.21 Å². The van der Waals surface area contributed by atoms with Crippen molar-refractivity contribution in [2.45, 2.75) is 18.6 Å². The maximum Gasteiger partial charge on any atom is 0.0530 e. The van der Waals surface area contributed by atoms with Gasteiger partial charge in [-0.1, -0.05) is 0 Å². The normalized spacial score (nSPS) is 30.4. The molecule has 0 aromatic carbocycles. The molecule has 3 nitrogen and oxygen atoms in total. The van der Waals surface area contributed by atoms with Crippen molar-refractivity contribution in [2.24, 2.45) is 5.73 Å². The highest BCUT2D eigenvalue weighted by atomic mass is 32.2. The Morgan fingerprint density at radius 1 is 1.58 bits per heavy atom. The van der Waals surface area contributed by atoms with E-state index in [1.54, 1.807) is 0 Å². The van der Waals surface area contributed by atoms with E-state index in [9.17, 15) is 4.21 Å².